The maximum Gasteiger partial charge on any atom is 0.119 e. The van der Waals surface area contributed by atoms with Crippen molar-refractivity contribution >= 4 is 0 Å². The van der Waals surface area contributed by atoms with Crippen LogP contribution >= 0.6 is 0 Å². The third-order valence-electron chi connectivity index (χ3n) is 3.66. The van der Waals surface area contributed by atoms with Crippen LogP contribution in [0, 0.1) is 13.8 Å². The zero-order valence-corrected chi connectivity index (χ0v) is 11.1. The first-order chi connectivity index (χ1) is 8.19. The summed E-state index contributed by atoms with van der Waals surface area (Å²) in [6, 6.07) is 7.02. The van der Waals surface area contributed by atoms with Gasteiger partial charge in [0.2, 0.25) is 0 Å². The smallest absolute Gasteiger partial charge is 0.119 e. The summed E-state index contributed by atoms with van der Waals surface area (Å²) < 4.78 is 6.05. The average molecular weight is 233 g/mol. The van der Waals surface area contributed by atoms with Gasteiger partial charge in [0, 0.05) is 6.04 Å². The Bertz CT molecular complexity index is 375. The molecule has 1 N–H and O–H groups in total. The molecule has 94 valence electrons. The van der Waals surface area contributed by atoms with E-state index in [-0.39, 0.29) is 0 Å². The molecule has 0 saturated heterocycles. The quantitative estimate of drug-likeness (QED) is 0.862. The van der Waals surface area contributed by atoms with Crippen molar-refractivity contribution in [3.8, 4) is 5.75 Å². The van der Waals surface area contributed by atoms with E-state index in [1.807, 2.05) is 0 Å². The fourth-order valence-electron chi connectivity index (χ4n) is 2.50. The van der Waals surface area contributed by atoms with Crippen LogP contribution in [0.25, 0.3) is 0 Å². The van der Waals surface area contributed by atoms with Crippen molar-refractivity contribution in [3.63, 3.8) is 0 Å². The van der Waals surface area contributed by atoms with E-state index in [1.165, 1.54) is 24.0 Å². The number of aryl methyl sites for hydroxylation is 2. The Balaban J connectivity index is 1.91. The van der Waals surface area contributed by atoms with Gasteiger partial charge in [0.15, 0.2) is 0 Å². The van der Waals surface area contributed by atoms with Crippen LogP contribution in [0.1, 0.15) is 37.3 Å². The molecular weight excluding hydrogens is 210 g/mol. The molecule has 2 atom stereocenters. The lowest BCUT2D eigenvalue weighted by Crippen LogP contribution is -2.27. The molecular formula is C15H23NO. The summed E-state index contributed by atoms with van der Waals surface area (Å²) >= 11 is 0. The van der Waals surface area contributed by atoms with E-state index in [4.69, 9.17) is 4.74 Å². The van der Waals surface area contributed by atoms with Crippen LogP contribution in [0.2, 0.25) is 0 Å². The first-order valence-corrected chi connectivity index (χ1v) is 6.66. The van der Waals surface area contributed by atoms with Crippen LogP contribution in [0.3, 0.4) is 0 Å². The fourth-order valence-corrected chi connectivity index (χ4v) is 2.50. The van der Waals surface area contributed by atoms with Crippen LogP contribution in [-0.4, -0.2) is 18.7 Å². The Morgan fingerprint density at radius 1 is 1.24 bits per heavy atom. The molecule has 0 amide bonds. The summed E-state index contributed by atoms with van der Waals surface area (Å²) in [4.78, 5) is 0. The summed E-state index contributed by atoms with van der Waals surface area (Å²) in [6.45, 7) is 7.49. The molecule has 2 unspecified atom stereocenters. The predicted molar refractivity (Wildman–Crippen MR) is 71.6 cm³/mol. The van der Waals surface area contributed by atoms with Gasteiger partial charge in [0.25, 0.3) is 0 Å². The van der Waals surface area contributed by atoms with Crippen molar-refractivity contribution in [3.05, 3.63) is 29.3 Å². The standard InChI is InChI=1S/C15H23NO/c1-4-16-13-6-8-15(10-13)17-14-7-5-11(2)12(3)9-14/h5,7,9,13,15-16H,4,6,8,10H2,1-3H3. The van der Waals surface area contributed by atoms with Gasteiger partial charge >= 0.3 is 0 Å². The number of nitrogens with one attached hydrogen (secondary N) is 1. The summed E-state index contributed by atoms with van der Waals surface area (Å²) in [5.74, 6) is 1.02. The minimum atomic E-state index is 0.390. The van der Waals surface area contributed by atoms with E-state index in [9.17, 15) is 0 Å². The van der Waals surface area contributed by atoms with Crippen molar-refractivity contribution in [1.29, 1.82) is 0 Å². The number of benzene rings is 1. The van der Waals surface area contributed by atoms with Gasteiger partial charge in [0.1, 0.15) is 11.9 Å². The minimum Gasteiger partial charge on any atom is -0.490 e. The van der Waals surface area contributed by atoms with Crippen molar-refractivity contribution in [2.45, 2.75) is 52.2 Å². The van der Waals surface area contributed by atoms with E-state index < -0.39 is 0 Å². The molecule has 2 heteroatoms. The van der Waals surface area contributed by atoms with Crippen molar-refractivity contribution in [2.24, 2.45) is 0 Å². The molecule has 2 rings (SSSR count). The highest BCUT2D eigenvalue weighted by atomic mass is 16.5. The lowest BCUT2D eigenvalue weighted by atomic mass is 10.1. The number of ether oxygens (including phenoxy) is 1. The SMILES string of the molecule is CCNC1CCC(Oc2ccc(C)c(C)c2)C1. The third-order valence-corrected chi connectivity index (χ3v) is 3.66. The van der Waals surface area contributed by atoms with E-state index in [0.29, 0.717) is 12.1 Å². The van der Waals surface area contributed by atoms with Gasteiger partial charge in [-0.1, -0.05) is 13.0 Å². The summed E-state index contributed by atoms with van der Waals surface area (Å²) in [5.41, 5.74) is 2.64. The molecule has 1 aliphatic rings. The van der Waals surface area contributed by atoms with Gasteiger partial charge in [-0.05, 0) is 62.9 Å². The van der Waals surface area contributed by atoms with Crippen LogP contribution < -0.4 is 10.1 Å². The molecule has 1 aliphatic carbocycles. The predicted octanol–water partition coefficient (Wildman–Crippen LogP) is 3.21. The van der Waals surface area contributed by atoms with Crippen LogP contribution in [-0.2, 0) is 0 Å². The highest BCUT2D eigenvalue weighted by Crippen LogP contribution is 2.25. The molecule has 1 fully saturated rings. The van der Waals surface area contributed by atoms with E-state index >= 15 is 0 Å². The van der Waals surface area contributed by atoms with E-state index in [1.54, 1.807) is 0 Å². The van der Waals surface area contributed by atoms with Crippen LogP contribution in [0.4, 0.5) is 0 Å². The molecule has 0 aliphatic heterocycles. The van der Waals surface area contributed by atoms with Gasteiger partial charge in [0.05, 0.1) is 0 Å². The second-order valence-corrected chi connectivity index (χ2v) is 5.05. The largest absolute Gasteiger partial charge is 0.490 e. The molecule has 0 radical (unpaired) electrons. The maximum atomic E-state index is 6.05. The van der Waals surface area contributed by atoms with Gasteiger partial charge < -0.3 is 10.1 Å². The van der Waals surface area contributed by atoms with Gasteiger partial charge in [-0.2, -0.15) is 0 Å². The first-order valence-electron chi connectivity index (χ1n) is 6.66. The Morgan fingerprint density at radius 2 is 2.06 bits per heavy atom. The number of rotatable bonds is 4. The Kier molecular flexibility index (Phi) is 4.06. The maximum absolute atomic E-state index is 6.05. The summed E-state index contributed by atoms with van der Waals surface area (Å²) in [7, 11) is 0. The zero-order chi connectivity index (χ0) is 12.3. The fraction of sp³-hybridized carbons (Fsp3) is 0.600. The van der Waals surface area contributed by atoms with Crippen LogP contribution in [0.15, 0.2) is 18.2 Å². The lowest BCUT2D eigenvalue weighted by Gasteiger charge is -2.15. The minimum absolute atomic E-state index is 0.390. The van der Waals surface area contributed by atoms with E-state index in [0.717, 1.165) is 18.7 Å². The molecule has 2 nitrogen and oxygen atoms in total. The van der Waals surface area contributed by atoms with Gasteiger partial charge in [-0.15, -0.1) is 0 Å². The second-order valence-electron chi connectivity index (χ2n) is 5.05. The highest BCUT2D eigenvalue weighted by Gasteiger charge is 2.25. The lowest BCUT2D eigenvalue weighted by molar-refractivity contribution is 0.206. The summed E-state index contributed by atoms with van der Waals surface area (Å²) in [6.07, 6.45) is 3.94. The average Bonchev–Trinajstić information content (AvgIpc) is 2.72. The molecule has 0 aromatic heterocycles. The van der Waals surface area contributed by atoms with Gasteiger partial charge in [-0.3, -0.25) is 0 Å². The van der Waals surface area contributed by atoms with Crippen molar-refractivity contribution in [1.82, 2.24) is 5.32 Å². The molecule has 0 bridgehead atoms. The zero-order valence-electron chi connectivity index (χ0n) is 11.1. The van der Waals surface area contributed by atoms with E-state index in [2.05, 4.69) is 44.3 Å². The Hall–Kier alpha value is -1.02. The molecule has 0 heterocycles. The van der Waals surface area contributed by atoms with Crippen LogP contribution in [0.5, 0.6) is 5.75 Å². The second kappa shape index (κ2) is 5.54. The third kappa shape index (κ3) is 3.22. The Labute approximate surface area is 104 Å². The van der Waals surface area contributed by atoms with Crippen molar-refractivity contribution in [2.75, 3.05) is 6.54 Å². The highest BCUT2D eigenvalue weighted by molar-refractivity contribution is 5.34. The topological polar surface area (TPSA) is 21.3 Å². The van der Waals surface area contributed by atoms with Crippen molar-refractivity contribution < 1.29 is 4.74 Å². The molecule has 17 heavy (non-hydrogen) atoms. The molecule has 1 saturated carbocycles. The number of hydrogen-bond donors (Lipinski definition) is 1. The molecule has 0 spiro atoms. The monoisotopic (exact) mass is 233 g/mol. The van der Waals surface area contributed by atoms with Gasteiger partial charge in [-0.25, -0.2) is 0 Å². The normalized spacial score (nSPS) is 23.9. The number of hydrogen-bond acceptors (Lipinski definition) is 2. The molecule has 1 aromatic rings. The summed E-state index contributed by atoms with van der Waals surface area (Å²) in [5, 5.41) is 3.50. The Morgan fingerprint density at radius 3 is 2.76 bits per heavy atom. The molecule has 1 aromatic carbocycles. The first kappa shape index (κ1) is 12.4.